The summed E-state index contributed by atoms with van der Waals surface area (Å²) < 4.78 is 7.88. The van der Waals surface area contributed by atoms with Crippen molar-refractivity contribution in [3.63, 3.8) is 0 Å². The van der Waals surface area contributed by atoms with E-state index >= 15 is 0 Å². The standard InChI is InChI=1S/C10H13IN2O2/c11-9-5-12-7-13(10(9)14)6-8-3-1-2-4-15-8/h5,7-8H,1-4,6H2. The SMILES string of the molecule is O=c1c(I)cncn1CC1CCCCO1. The number of nitrogens with zero attached hydrogens (tertiary/aromatic N) is 2. The molecule has 0 spiro atoms. The molecule has 5 heteroatoms. The topological polar surface area (TPSA) is 44.1 Å². The second-order valence-electron chi connectivity index (χ2n) is 3.69. The van der Waals surface area contributed by atoms with Crippen LogP contribution in [0.5, 0.6) is 0 Å². The van der Waals surface area contributed by atoms with E-state index in [1.807, 2.05) is 22.6 Å². The Morgan fingerprint density at radius 2 is 2.47 bits per heavy atom. The first-order chi connectivity index (χ1) is 7.27. The number of rotatable bonds is 2. The summed E-state index contributed by atoms with van der Waals surface area (Å²) in [4.78, 5) is 15.7. The molecule has 1 unspecified atom stereocenters. The molecule has 1 aliphatic rings. The lowest BCUT2D eigenvalue weighted by Crippen LogP contribution is -2.31. The second kappa shape index (κ2) is 5.07. The summed E-state index contributed by atoms with van der Waals surface area (Å²) in [6, 6.07) is 0. The van der Waals surface area contributed by atoms with E-state index in [9.17, 15) is 4.79 Å². The van der Waals surface area contributed by atoms with Crippen LogP contribution in [-0.2, 0) is 11.3 Å². The highest BCUT2D eigenvalue weighted by Gasteiger charge is 2.15. The second-order valence-corrected chi connectivity index (χ2v) is 4.85. The first-order valence-corrected chi connectivity index (χ1v) is 6.17. The van der Waals surface area contributed by atoms with Gasteiger partial charge in [-0.2, -0.15) is 0 Å². The summed E-state index contributed by atoms with van der Waals surface area (Å²) in [5, 5.41) is 0. The normalized spacial score (nSPS) is 21.5. The zero-order valence-corrected chi connectivity index (χ0v) is 10.5. The predicted molar refractivity (Wildman–Crippen MR) is 64.8 cm³/mol. The van der Waals surface area contributed by atoms with Crippen molar-refractivity contribution in [3.8, 4) is 0 Å². The summed E-state index contributed by atoms with van der Waals surface area (Å²) in [6.07, 6.45) is 6.71. The molecule has 0 radical (unpaired) electrons. The third kappa shape index (κ3) is 2.78. The Kier molecular flexibility index (Phi) is 3.74. The lowest BCUT2D eigenvalue weighted by molar-refractivity contribution is 0.00521. The van der Waals surface area contributed by atoms with Crippen molar-refractivity contribution in [1.82, 2.24) is 9.55 Å². The van der Waals surface area contributed by atoms with Gasteiger partial charge in [-0.1, -0.05) is 0 Å². The molecule has 2 heterocycles. The van der Waals surface area contributed by atoms with Crippen LogP contribution in [0, 0.1) is 3.57 Å². The van der Waals surface area contributed by atoms with Gasteiger partial charge >= 0.3 is 0 Å². The number of aromatic nitrogens is 2. The largest absolute Gasteiger partial charge is 0.376 e. The average molecular weight is 320 g/mol. The van der Waals surface area contributed by atoms with Gasteiger partial charge in [-0.25, -0.2) is 4.98 Å². The molecule has 1 aromatic rings. The van der Waals surface area contributed by atoms with E-state index in [2.05, 4.69) is 4.98 Å². The molecule has 0 aliphatic carbocycles. The molecule has 0 aromatic carbocycles. The molecule has 82 valence electrons. The maximum absolute atomic E-state index is 11.7. The Morgan fingerprint density at radius 1 is 1.60 bits per heavy atom. The van der Waals surface area contributed by atoms with Crippen LogP contribution in [0.3, 0.4) is 0 Å². The van der Waals surface area contributed by atoms with Gasteiger partial charge in [-0.15, -0.1) is 0 Å². The van der Waals surface area contributed by atoms with Crippen molar-refractivity contribution in [1.29, 1.82) is 0 Å². The maximum atomic E-state index is 11.7. The summed E-state index contributed by atoms with van der Waals surface area (Å²) in [7, 11) is 0. The monoisotopic (exact) mass is 320 g/mol. The van der Waals surface area contributed by atoms with E-state index in [4.69, 9.17) is 4.74 Å². The van der Waals surface area contributed by atoms with Crippen LogP contribution in [0.25, 0.3) is 0 Å². The first kappa shape index (κ1) is 11.1. The van der Waals surface area contributed by atoms with Gasteiger partial charge < -0.3 is 4.74 Å². The van der Waals surface area contributed by atoms with Crippen molar-refractivity contribution in [3.05, 3.63) is 26.4 Å². The Hall–Kier alpha value is -0.430. The lowest BCUT2D eigenvalue weighted by Gasteiger charge is -2.22. The summed E-state index contributed by atoms with van der Waals surface area (Å²) >= 11 is 2.01. The van der Waals surface area contributed by atoms with Crippen LogP contribution in [0.15, 0.2) is 17.3 Å². The van der Waals surface area contributed by atoms with E-state index in [0.717, 1.165) is 19.4 Å². The third-order valence-electron chi connectivity index (χ3n) is 2.53. The molecule has 2 rings (SSSR count). The highest BCUT2D eigenvalue weighted by atomic mass is 127. The molecule has 4 nitrogen and oxygen atoms in total. The molecular formula is C10H13IN2O2. The minimum atomic E-state index is 0.0276. The molecule has 1 aromatic heterocycles. The van der Waals surface area contributed by atoms with Gasteiger partial charge in [0.1, 0.15) is 0 Å². The fraction of sp³-hybridized carbons (Fsp3) is 0.600. The molecule has 0 amide bonds. The number of hydrogen-bond acceptors (Lipinski definition) is 3. The molecule has 1 fully saturated rings. The fourth-order valence-electron chi connectivity index (χ4n) is 1.72. The van der Waals surface area contributed by atoms with Crippen molar-refractivity contribution >= 4 is 22.6 Å². The Morgan fingerprint density at radius 3 is 3.20 bits per heavy atom. The van der Waals surface area contributed by atoms with Crippen molar-refractivity contribution in [2.75, 3.05) is 6.61 Å². The Balaban J connectivity index is 2.09. The van der Waals surface area contributed by atoms with Crippen molar-refractivity contribution in [2.24, 2.45) is 0 Å². The molecular weight excluding hydrogens is 307 g/mol. The van der Waals surface area contributed by atoms with E-state index in [1.54, 1.807) is 17.1 Å². The molecule has 0 saturated carbocycles. The minimum absolute atomic E-state index is 0.0276. The van der Waals surface area contributed by atoms with Crippen LogP contribution in [0.1, 0.15) is 19.3 Å². The van der Waals surface area contributed by atoms with Crippen molar-refractivity contribution in [2.45, 2.75) is 31.9 Å². The van der Waals surface area contributed by atoms with Gasteiger partial charge in [0.2, 0.25) is 0 Å². The van der Waals surface area contributed by atoms with Gasteiger partial charge in [0, 0.05) is 12.8 Å². The van der Waals surface area contributed by atoms with Gasteiger partial charge in [-0.3, -0.25) is 9.36 Å². The molecule has 0 N–H and O–H groups in total. The van der Waals surface area contributed by atoms with Crippen LogP contribution >= 0.6 is 22.6 Å². The van der Waals surface area contributed by atoms with Crippen molar-refractivity contribution < 1.29 is 4.74 Å². The highest BCUT2D eigenvalue weighted by Crippen LogP contribution is 2.13. The first-order valence-electron chi connectivity index (χ1n) is 5.09. The molecule has 1 atom stereocenters. The summed E-state index contributed by atoms with van der Waals surface area (Å²) in [6.45, 7) is 1.44. The minimum Gasteiger partial charge on any atom is -0.376 e. The highest BCUT2D eigenvalue weighted by molar-refractivity contribution is 14.1. The summed E-state index contributed by atoms with van der Waals surface area (Å²) in [5.41, 5.74) is 0.0276. The smallest absolute Gasteiger partial charge is 0.266 e. The quantitative estimate of drug-likeness (QED) is 0.774. The average Bonchev–Trinajstić information content (AvgIpc) is 2.26. The predicted octanol–water partition coefficient (Wildman–Crippen LogP) is 1.42. The van der Waals surface area contributed by atoms with Gasteiger partial charge in [0.05, 0.1) is 22.5 Å². The van der Waals surface area contributed by atoms with Crippen LogP contribution in [0.4, 0.5) is 0 Å². The Bertz CT molecular complexity index is 385. The van der Waals surface area contributed by atoms with Gasteiger partial charge in [0.25, 0.3) is 5.56 Å². The lowest BCUT2D eigenvalue weighted by atomic mass is 10.1. The maximum Gasteiger partial charge on any atom is 0.266 e. The fourth-order valence-corrected chi connectivity index (χ4v) is 2.20. The summed E-state index contributed by atoms with van der Waals surface area (Å²) in [5.74, 6) is 0. The van der Waals surface area contributed by atoms with Crippen LogP contribution in [0.2, 0.25) is 0 Å². The number of halogens is 1. The van der Waals surface area contributed by atoms with E-state index in [0.29, 0.717) is 10.1 Å². The molecule has 0 bridgehead atoms. The zero-order valence-electron chi connectivity index (χ0n) is 8.36. The molecule has 15 heavy (non-hydrogen) atoms. The zero-order chi connectivity index (χ0) is 10.7. The van der Waals surface area contributed by atoms with E-state index < -0.39 is 0 Å². The Labute approximate surface area is 102 Å². The number of ether oxygens (including phenoxy) is 1. The van der Waals surface area contributed by atoms with Gasteiger partial charge in [-0.05, 0) is 41.9 Å². The third-order valence-corrected chi connectivity index (χ3v) is 3.27. The van der Waals surface area contributed by atoms with Gasteiger partial charge in [0.15, 0.2) is 0 Å². The van der Waals surface area contributed by atoms with Crippen LogP contribution < -0.4 is 5.56 Å². The number of hydrogen-bond donors (Lipinski definition) is 0. The van der Waals surface area contributed by atoms with E-state index in [1.165, 1.54) is 6.42 Å². The van der Waals surface area contributed by atoms with Crippen LogP contribution in [-0.4, -0.2) is 22.3 Å². The van der Waals surface area contributed by atoms with E-state index in [-0.39, 0.29) is 11.7 Å². The molecule has 1 aliphatic heterocycles. The molecule has 1 saturated heterocycles.